The van der Waals surface area contributed by atoms with Gasteiger partial charge in [0.15, 0.2) is 10.2 Å². The van der Waals surface area contributed by atoms with Crippen LogP contribution in [0.5, 0.6) is 0 Å². The number of rotatable bonds is 6. The number of nitriles is 1. The molecule has 0 spiro atoms. The van der Waals surface area contributed by atoms with Crippen molar-refractivity contribution in [1.29, 1.82) is 5.26 Å². The van der Waals surface area contributed by atoms with E-state index in [0.717, 1.165) is 5.52 Å². The molecule has 10 heteroatoms. The maximum Gasteiger partial charge on any atom is 0.210 e. The minimum absolute atomic E-state index is 0.0721. The third kappa shape index (κ3) is 4.21. The van der Waals surface area contributed by atoms with Crippen LogP contribution in [0.15, 0.2) is 58.6 Å². The van der Waals surface area contributed by atoms with Crippen LogP contribution < -0.4 is 5.32 Å². The van der Waals surface area contributed by atoms with Crippen LogP contribution >= 0.6 is 23.1 Å². The maximum atomic E-state index is 13.7. The van der Waals surface area contributed by atoms with Crippen molar-refractivity contribution in [2.45, 2.75) is 4.34 Å². The van der Waals surface area contributed by atoms with Gasteiger partial charge in [-0.2, -0.15) is 5.26 Å². The molecule has 0 saturated carbocycles. The van der Waals surface area contributed by atoms with Gasteiger partial charge in [-0.25, -0.2) is 9.37 Å². The van der Waals surface area contributed by atoms with Gasteiger partial charge in [0.1, 0.15) is 23.2 Å². The molecule has 0 radical (unpaired) electrons. The standard InChI is InChI=1S/C19H13FN6OS2/c20-12-5-1-2-6-13(12)24-18-25-26-19(29-18)28-10-16(27)11(9-21)17-22-14-7-3-4-8-15(14)23-17/h1-8,27H,10H2,(H,22,23)(H,24,25)/b16-11-. The van der Waals surface area contributed by atoms with E-state index in [9.17, 15) is 14.8 Å². The normalized spacial score (nSPS) is 11.9. The molecule has 0 aliphatic carbocycles. The predicted octanol–water partition coefficient (Wildman–Crippen LogP) is 4.88. The number of H-pyrrole nitrogens is 1. The van der Waals surface area contributed by atoms with Crippen molar-refractivity contribution >= 4 is 50.5 Å². The van der Waals surface area contributed by atoms with Crippen LogP contribution in [0.2, 0.25) is 0 Å². The molecule has 4 rings (SSSR count). The zero-order chi connectivity index (χ0) is 20.2. The molecule has 144 valence electrons. The van der Waals surface area contributed by atoms with E-state index in [4.69, 9.17) is 0 Å². The molecule has 0 saturated heterocycles. The Labute approximate surface area is 172 Å². The largest absolute Gasteiger partial charge is 0.510 e. The average molecular weight is 424 g/mol. The lowest BCUT2D eigenvalue weighted by Crippen LogP contribution is -1.95. The summed E-state index contributed by atoms with van der Waals surface area (Å²) in [4.78, 5) is 7.37. The third-order valence-electron chi connectivity index (χ3n) is 3.88. The van der Waals surface area contributed by atoms with Gasteiger partial charge < -0.3 is 15.4 Å². The number of anilines is 2. The van der Waals surface area contributed by atoms with E-state index in [1.807, 2.05) is 30.3 Å². The number of aliphatic hydroxyl groups is 1. The Morgan fingerprint density at radius 2 is 2.00 bits per heavy atom. The van der Waals surface area contributed by atoms with Crippen molar-refractivity contribution in [2.75, 3.05) is 11.1 Å². The van der Waals surface area contributed by atoms with Gasteiger partial charge in [-0.05, 0) is 24.3 Å². The summed E-state index contributed by atoms with van der Waals surface area (Å²) in [6.45, 7) is 0. The third-order valence-corrected chi connectivity index (χ3v) is 5.86. The molecule has 7 nitrogen and oxygen atoms in total. The molecule has 2 aromatic carbocycles. The van der Waals surface area contributed by atoms with Crippen molar-refractivity contribution in [1.82, 2.24) is 20.2 Å². The van der Waals surface area contributed by atoms with Crippen LogP contribution in [0.25, 0.3) is 16.6 Å². The smallest absolute Gasteiger partial charge is 0.210 e. The van der Waals surface area contributed by atoms with Gasteiger partial charge in [0.25, 0.3) is 0 Å². The Morgan fingerprint density at radius 3 is 2.79 bits per heavy atom. The zero-order valence-electron chi connectivity index (χ0n) is 14.8. The lowest BCUT2D eigenvalue weighted by Gasteiger charge is -2.02. The maximum absolute atomic E-state index is 13.7. The molecule has 0 amide bonds. The summed E-state index contributed by atoms with van der Waals surface area (Å²) >= 11 is 2.44. The summed E-state index contributed by atoms with van der Waals surface area (Å²) in [6.07, 6.45) is 0. The van der Waals surface area contributed by atoms with E-state index >= 15 is 0 Å². The topological polar surface area (TPSA) is 111 Å². The second-order valence-corrected chi connectivity index (χ2v) is 8.00. The van der Waals surface area contributed by atoms with E-state index in [-0.39, 0.29) is 22.9 Å². The number of aromatic nitrogens is 4. The van der Waals surface area contributed by atoms with Crippen LogP contribution in [0, 0.1) is 17.1 Å². The lowest BCUT2D eigenvalue weighted by atomic mass is 10.2. The Hall–Kier alpha value is -3.42. The van der Waals surface area contributed by atoms with E-state index in [0.29, 0.717) is 26.5 Å². The number of nitrogens with zero attached hydrogens (tertiary/aromatic N) is 4. The SMILES string of the molecule is N#C/C(=C(/O)CSc1nnc(Nc2ccccc2F)s1)c1nc2ccccc2[nH]1. The van der Waals surface area contributed by atoms with E-state index < -0.39 is 0 Å². The molecule has 2 heterocycles. The molecule has 0 fully saturated rings. The van der Waals surface area contributed by atoms with Gasteiger partial charge >= 0.3 is 0 Å². The summed E-state index contributed by atoms with van der Waals surface area (Å²) in [6, 6.07) is 15.6. The first-order chi connectivity index (χ1) is 14.1. The molecule has 3 N–H and O–H groups in total. The Bertz CT molecular complexity index is 1210. The predicted molar refractivity (Wildman–Crippen MR) is 112 cm³/mol. The number of halogens is 1. The first kappa shape index (κ1) is 18.9. The van der Waals surface area contributed by atoms with Gasteiger partial charge in [-0.1, -0.05) is 47.4 Å². The highest BCUT2D eigenvalue weighted by Gasteiger charge is 2.15. The zero-order valence-corrected chi connectivity index (χ0v) is 16.4. The van der Waals surface area contributed by atoms with Crippen molar-refractivity contribution in [2.24, 2.45) is 0 Å². The second kappa shape index (κ2) is 8.30. The van der Waals surface area contributed by atoms with Gasteiger partial charge in [0.2, 0.25) is 5.13 Å². The fourth-order valence-corrected chi connectivity index (χ4v) is 4.17. The highest BCUT2D eigenvalue weighted by molar-refractivity contribution is 8.01. The summed E-state index contributed by atoms with van der Waals surface area (Å²) in [5.74, 6) is -0.0721. The van der Waals surface area contributed by atoms with Crippen molar-refractivity contribution < 1.29 is 9.50 Å². The second-order valence-electron chi connectivity index (χ2n) is 5.80. The number of benzene rings is 2. The number of aliphatic hydroxyl groups excluding tert-OH is 1. The van der Waals surface area contributed by atoms with Crippen LogP contribution in [0.3, 0.4) is 0 Å². The van der Waals surface area contributed by atoms with Crippen LogP contribution in [0.4, 0.5) is 15.2 Å². The van der Waals surface area contributed by atoms with Gasteiger partial charge in [0.05, 0.1) is 22.5 Å². The summed E-state index contributed by atoms with van der Waals surface area (Å²) in [5.41, 5.74) is 1.87. The van der Waals surface area contributed by atoms with Crippen molar-refractivity contribution in [3.63, 3.8) is 0 Å². The van der Waals surface area contributed by atoms with Gasteiger partial charge in [-0.15, -0.1) is 10.2 Å². The molecule has 0 bridgehead atoms. The highest BCUT2D eigenvalue weighted by atomic mass is 32.2. The summed E-state index contributed by atoms with van der Waals surface area (Å²) in [5, 5.41) is 31.1. The minimum Gasteiger partial charge on any atom is -0.510 e. The molecule has 0 atom stereocenters. The molecule has 0 aliphatic heterocycles. The number of thioether (sulfide) groups is 1. The number of para-hydroxylation sites is 3. The minimum atomic E-state index is -0.387. The fraction of sp³-hybridized carbons (Fsp3) is 0.0526. The number of hydrogen-bond acceptors (Lipinski definition) is 8. The first-order valence-corrected chi connectivity index (χ1v) is 10.2. The number of allylic oxidation sites excluding steroid dienone is 1. The Balaban J connectivity index is 1.47. The molecule has 4 aromatic rings. The molecular formula is C19H13FN6OS2. The molecule has 0 aliphatic rings. The van der Waals surface area contributed by atoms with Gasteiger partial charge in [-0.3, -0.25) is 0 Å². The average Bonchev–Trinajstić information content (AvgIpc) is 3.35. The molecule has 29 heavy (non-hydrogen) atoms. The lowest BCUT2D eigenvalue weighted by molar-refractivity contribution is 0.420. The molecule has 0 unspecified atom stereocenters. The highest BCUT2D eigenvalue weighted by Crippen LogP contribution is 2.30. The van der Waals surface area contributed by atoms with Crippen molar-refractivity contribution in [3.8, 4) is 6.07 Å². The number of fused-ring (bicyclic) bond motifs is 1. The summed E-state index contributed by atoms with van der Waals surface area (Å²) in [7, 11) is 0. The van der Waals surface area contributed by atoms with Crippen LogP contribution in [-0.2, 0) is 0 Å². The molecule has 2 aromatic heterocycles. The van der Waals surface area contributed by atoms with Gasteiger partial charge in [0, 0.05) is 0 Å². The quantitative estimate of drug-likeness (QED) is 0.230. The Morgan fingerprint density at radius 1 is 1.21 bits per heavy atom. The monoisotopic (exact) mass is 424 g/mol. The van der Waals surface area contributed by atoms with Crippen molar-refractivity contribution in [3.05, 3.63) is 65.9 Å². The fourth-order valence-electron chi connectivity index (χ4n) is 2.52. The van der Waals surface area contributed by atoms with Crippen LogP contribution in [-0.4, -0.2) is 31.0 Å². The van der Waals surface area contributed by atoms with E-state index in [2.05, 4.69) is 25.5 Å². The first-order valence-electron chi connectivity index (χ1n) is 8.39. The molecular weight excluding hydrogens is 411 g/mol. The Kier molecular flexibility index (Phi) is 5.41. The number of imidazole rings is 1. The van der Waals surface area contributed by atoms with E-state index in [1.54, 1.807) is 18.2 Å². The van der Waals surface area contributed by atoms with E-state index in [1.165, 1.54) is 29.2 Å². The number of hydrogen-bond donors (Lipinski definition) is 3. The summed E-state index contributed by atoms with van der Waals surface area (Å²) < 4.78 is 14.3. The van der Waals surface area contributed by atoms with Crippen LogP contribution in [0.1, 0.15) is 5.82 Å². The number of aromatic amines is 1. The number of nitrogens with one attached hydrogen (secondary N) is 2.